The van der Waals surface area contributed by atoms with Gasteiger partial charge in [-0.15, -0.1) is 0 Å². The summed E-state index contributed by atoms with van der Waals surface area (Å²) in [6.07, 6.45) is 2.43. The number of benzene rings is 1. The molecule has 1 aromatic carbocycles. The zero-order valence-corrected chi connectivity index (χ0v) is 13.7. The maximum absolute atomic E-state index is 11.8. The zero-order valence-electron chi connectivity index (χ0n) is 12.2. The Balaban J connectivity index is 2.06. The first-order valence-electron chi connectivity index (χ1n) is 7.12. The molecule has 1 heterocycles. The molecule has 0 spiro atoms. The number of hydrazone groups is 1. The van der Waals surface area contributed by atoms with Gasteiger partial charge in [0.1, 0.15) is 5.84 Å². The third-order valence-electron chi connectivity index (χ3n) is 3.37. The van der Waals surface area contributed by atoms with Crippen molar-refractivity contribution in [3.05, 3.63) is 28.2 Å². The molecule has 2 rings (SSSR count). The number of rotatable bonds is 4. The fraction of sp³-hybridized carbons (Fsp3) is 0.467. The molecule has 1 aromatic rings. The van der Waals surface area contributed by atoms with Gasteiger partial charge in [-0.3, -0.25) is 9.80 Å². The molecule has 1 unspecified atom stereocenters. The molecule has 1 atom stereocenters. The van der Waals surface area contributed by atoms with Gasteiger partial charge in [-0.25, -0.2) is 0 Å². The number of nitrogens with one attached hydrogen (secondary N) is 1. The average molecular weight is 328 g/mol. The number of amides is 1. The summed E-state index contributed by atoms with van der Waals surface area (Å²) in [7, 11) is 0. The quantitative estimate of drug-likeness (QED) is 0.905. The Labute approximate surface area is 135 Å². The van der Waals surface area contributed by atoms with Gasteiger partial charge in [0.25, 0.3) is 0 Å². The Morgan fingerprint density at radius 1 is 1.43 bits per heavy atom. The number of hydrogen-bond acceptors (Lipinski definition) is 3. The van der Waals surface area contributed by atoms with Crippen LogP contribution in [0.1, 0.15) is 33.1 Å². The van der Waals surface area contributed by atoms with E-state index < -0.39 is 0 Å². The van der Waals surface area contributed by atoms with Gasteiger partial charge >= 0.3 is 0 Å². The van der Waals surface area contributed by atoms with Crippen molar-refractivity contribution < 1.29 is 4.79 Å². The van der Waals surface area contributed by atoms with Gasteiger partial charge in [-0.05, 0) is 24.6 Å². The highest BCUT2D eigenvalue weighted by Gasteiger charge is 2.25. The van der Waals surface area contributed by atoms with Crippen molar-refractivity contribution in [3.63, 3.8) is 0 Å². The minimum atomic E-state index is 0.0263. The Morgan fingerprint density at radius 2 is 2.19 bits per heavy atom. The number of anilines is 1. The number of nitrogens with zero attached hydrogens (tertiary/aromatic N) is 2. The lowest BCUT2D eigenvalue weighted by atomic mass is 10.1. The van der Waals surface area contributed by atoms with Crippen LogP contribution in [0.5, 0.6) is 0 Å². The molecule has 114 valence electrons. The van der Waals surface area contributed by atoms with Crippen LogP contribution in [0.2, 0.25) is 10.0 Å². The van der Waals surface area contributed by atoms with Crippen LogP contribution in [0.4, 0.5) is 5.69 Å². The fourth-order valence-electron chi connectivity index (χ4n) is 2.11. The monoisotopic (exact) mass is 327 g/mol. The molecule has 0 bridgehead atoms. The van der Waals surface area contributed by atoms with Gasteiger partial charge in [-0.2, -0.15) is 5.10 Å². The predicted molar refractivity (Wildman–Crippen MR) is 88.1 cm³/mol. The second-order valence-corrected chi connectivity index (χ2v) is 6.03. The largest absolute Gasteiger partial charge is 0.312 e. The topological polar surface area (TPSA) is 44.7 Å². The molecule has 0 saturated carbocycles. The molecule has 1 N–H and O–H groups in total. The lowest BCUT2D eigenvalue weighted by Gasteiger charge is -2.14. The first kappa shape index (κ1) is 16.1. The maximum Gasteiger partial charge on any atom is 0.225 e. The second kappa shape index (κ2) is 7.14. The molecule has 1 amide bonds. The van der Waals surface area contributed by atoms with Crippen molar-refractivity contribution in [1.29, 1.82) is 0 Å². The SMILES string of the molecule is CCCCC(=O)NC1=NN(c2ccc(Cl)c(Cl)c2)CC1C. The highest BCUT2D eigenvalue weighted by Crippen LogP contribution is 2.29. The number of carbonyl (C=O) groups excluding carboxylic acids is 1. The van der Waals surface area contributed by atoms with Crippen LogP contribution in [0.15, 0.2) is 23.3 Å². The molecule has 6 heteroatoms. The van der Waals surface area contributed by atoms with Gasteiger partial charge in [0, 0.05) is 12.3 Å². The van der Waals surface area contributed by atoms with Crippen molar-refractivity contribution in [1.82, 2.24) is 5.32 Å². The van der Waals surface area contributed by atoms with E-state index in [1.54, 1.807) is 12.1 Å². The zero-order chi connectivity index (χ0) is 15.4. The van der Waals surface area contributed by atoms with E-state index >= 15 is 0 Å². The summed E-state index contributed by atoms with van der Waals surface area (Å²) in [5.41, 5.74) is 0.869. The van der Waals surface area contributed by atoms with Crippen molar-refractivity contribution in [2.45, 2.75) is 33.1 Å². The van der Waals surface area contributed by atoms with E-state index in [0.717, 1.165) is 18.5 Å². The van der Waals surface area contributed by atoms with Crippen molar-refractivity contribution in [2.75, 3.05) is 11.6 Å². The number of halogens is 2. The third kappa shape index (κ3) is 4.11. The van der Waals surface area contributed by atoms with E-state index in [0.29, 0.717) is 28.8 Å². The molecule has 0 radical (unpaired) electrons. The number of hydrogen-bond donors (Lipinski definition) is 1. The van der Waals surface area contributed by atoms with E-state index in [1.807, 2.05) is 18.0 Å². The number of amidine groups is 1. The summed E-state index contributed by atoms with van der Waals surface area (Å²) in [5.74, 6) is 0.908. The molecular formula is C15H19Cl2N3O. The van der Waals surface area contributed by atoms with Crippen molar-refractivity contribution in [2.24, 2.45) is 11.0 Å². The molecule has 1 aliphatic rings. The average Bonchev–Trinajstić information content (AvgIpc) is 2.81. The summed E-state index contributed by atoms with van der Waals surface area (Å²) in [6.45, 7) is 4.81. The van der Waals surface area contributed by atoms with Gasteiger partial charge in [0.2, 0.25) is 5.91 Å². The van der Waals surface area contributed by atoms with Crippen molar-refractivity contribution >= 4 is 40.6 Å². The third-order valence-corrected chi connectivity index (χ3v) is 4.11. The minimum absolute atomic E-state index is 0.0263. The van der Waals surface area contributed by atoms with Crippen LogP contribution >= 0.6 is 23.2 Å². The Bertz CT molecular complexity index is 560. The summed E-state index contributed by atoms with van der Waals surface area (Å²) in [5, 5.41) is 10.2. The molecule has 0 aromatic heterocycles. The number of unbranched alkanes of at least 4 members (excludes halogenated alkanes) is 1. The van der Waals surface area contributed by atoms with Gasteiger partial charge in [0.15, 0.2) is 0 Å². The highest BCUT2D eigenvalue weighted by molar-refractivity contribution is 6.42. The summed E-state index contributed by atoms with van der Waals surface area (Å²) in [6, 6.07) is 5.39. The summed E-state index contributed by atoms with van der Waals surface area (Å²) >= 11 is 11.9. The Hall–Kier alpha value is -1.26. The minimum Gasteiger partial charge on any atom is -0.312 e. The van der Waals surface area contributed by atoms with Crippen LogP contribution in [0, 0.1) is 5.92 Å². The van der Waals surface area contributed by atoms with Crippen LogP contribution in [-0.2, 0) is 4.79 Å². The van der Waals surface area contributed by atoms with Crippen molar-refractivity contribution in [3.8, 4) is 0 Å². The molecule has 0 aliphatic carbocycles. The van der Waals surface area contributed by atoms with Gasteiger partial charge in [-0.1, -0.05) is 43.5 Å². The van der Waals surface area contributed by atoms with Crippen LogP contribution in [0.25, 0.3) is 0 Å². The summed E-state index contributed by atoms with van der Waals surface area (Å²) in [4.78, 5) is 11.8. The van der Waals surface area contributed by atoms with Gasteiger partial charge < -0.3 is 5.32 Å². The first-order valence-corrected chi connectivity index (χ1v) is 7.87. The lowest BCUT2D eigenvalue weighted by molar-refractivity contribution is -0.119. The maximum atomic E-state index is 11.8. The van der Waals surface area contributed by atoms with E-state index in [9.17, 15) is 4.79 Å². The van der Waals surface area contributed by atoms with Crippen LogP contribution < -0.4 is 10.3 Å². The standard InChI is InChI=1S/C15H19Cl2N3O/c1-3-4-5-14(21)18-15-10(2)9-20(19-15)11-6-7-12(16)13(17)8-11/h6-8,10H,3-5,9H2,1-2H3,(H,18,19,21). The Morgan fingerprint density at radius 3 is 2.86 bits per heavy atom. The molecule has 4 nitrogen and oxygen atoms in total. The van der Waals surface area contributed by atoms with E-state index in [4.69, 9.17) is 23.2 Å². The Kier molecular flexibility index (Phi) is 5.48. The predicted octanol–water partition coefficient (Wildman–Crippen LogP) is 4.07. The summed E-state index contributed by atoms with van der Waals surface area (Å²) < 4.78 is 0. The van der Waals surface area contributed by atoms with Crippen LogP contribution in [0.3, 0.4) is 0 Å². The lowest BCUT2D eigenvalue weighted by Crippen LogP contribution is -2.33. The first-order chi connectivity index (χ1) is 10.0. The second-order valence-electron chi connectivity index (χ2n) is 5.22. The highest BCUT2D eigenvalue weighted by atomic mass is 35.5. The normalized spacial score (nSPS) is 17.8. The van der Waals surface area contributed by atoms with E-state index in [1.165, 1.54) is 0 Å². The molecular weight excluding hydrogens is 309 g/mol. The molecule has 0 fully saturated rings. The van der Waals surface area contributed by atoms with E-state index in [-0.39, 0.29) is 11.8 Å². The fourth-order valence-corrected chi connectivity index (χ4v) is 2.41. The van der Waals surface area contributed by atoms with Gasteiger partial charge in [0.05, 0.1) is 22.3 Å². The van der Waals surface area contributed by atoms with Crippen LogP contribution in [-0.4, -0.2) is 18.3 Å². The smallest absolute Gasteiger partial charge is 0.225 e. The molecule has 1 aliphatic heterocycles. The molecule has 21 heavy (non-hydrogen) atoms. The number of carbonyl (C=O) groups is 1. The molecule has 0 saturated heterocycles. The van der Waals surface area contributed by atoms with E-state index in [2.05, 4.69) is 17.3 Å².